The van der Waals surface area contributed by atoms with Crippen LogP contribution in [0.15, 0.2) is 0 Å². The van der Waals surface area contributed by atoms with Gasteiger partial charge in [-0.15, -0.1) is 0 Å². The van der Waals surface area contributed by atoms with Gasteiger partial charge < -0.3 is 18.9 Å². The molecule has 0 aliphatic carbocycles. The summed E-state index contributed by atoms with van der Waals surface area (Å²) in [5.74, 6) is -3.16. The normalized spacial score (nSPS) is 25.8. The maximum absolute atomic E-state index is 11.8. The third-order valence-electron chi connectivity index (χ3n) is 3.11. The van der Waals surface area contributed by atoms with Crippen LogP contribution in [0, 0.1) is 0 Å². The molecule has 1 aliphatic rings. The van der Waals surface area contributed by atoms with Crippen molar-refractivity contribution < 1.29 is 38.1 Å². The smallest absolute Gasteiger partial charge is 0.303 e. The molecule has 0 radical (unpaired) electrons. The van der Waals surface area contributed by atoms with Crippen molar-refractivity contribution in [3.8, 4) is 0 Å². The zero-order chi connectivity index (χ0) is 19.4. The summed E-state index contributed by atoms with van der Waals surface area (Å²) < 4.78 is 18.2. The Hall–Kier alpha value is -1.29. The minimum absolute atomic E-state index is 0.353. The predicted octanol–water partition coefficient (Wildman–Crippen LogP) is 0.624. The molecule has 4 atom stereocenters. The van der Waals surface area contributed by atoms with E-state index in [1.54, 1.807) is 4.84 Å². The number of ether oxygens (including phenoxy) is 4. The van der Waals surface area contributed by atoms with E-state index in [2.05, 4.69) is 0 Å². The van der Waals surface area contributed by atoms with Gasteiger partial charge in [-0.1, -0.05) is 23.2 Å². The van der Waals surface area contributed by atoms with E-state index < -0.39 is 52.6 Å². The van der Waals surface area contributed by atoms with E-state index in [0.717, 1.165) is 20.8 Å². The van der Waals surface area contributed by atoms with Crippen molar-refractivity contribution in [1.82, 2.24) is 4.84 Å². The second kappa shape index (κ2) is 8.88. The molecular formula is C13H16Cl3NO8. The largest absolute Gasteiger partial charge is 0.463 e. The van der Waals surface area contributed by atoms with Gasteiger partial charge in [0.2, 0.25) is 4.33 Å². The summed E-state index contributed by atoms with van der Waals surface area (Å²) in [7, 11) is 0. The van der Waals surface area contributed by atoms with Gasteiger partial charge in [0.15, 0.2) is 12.2 Å². The average molecular weight is 421 g/mol. The first kappa shape index (κ1) is 21.8. The molecule has 1 amide bonds. The van der Waals surface area contributed by atoms with Crippen LogP contribution in [-0.2, 0) is 38.1 Å². The van der Waals surface area contributed by atoms with E-state index >= 15 is 0 Å². The third kappa shape index (κ3) is 5.60. The molecule has 1 saturated heterocycles. The quantitative estimate of drug-likeness (QED) is 0.288. The maximum atomic E-state index is 11.8. The number of carbonyl (C=O) groups is 4. The van der Waals surface area contributed by atoms with Crippen LogP contribution in [-0.4, -0.2) is 59.2 Å². The zero-order valence-corrected chi connectivity index (χ0v) is 15.7. The number of rotatable bonds is 6. The Morgan fingerprint density at radius 2 is 1.52 bits per heavy atom. The summed E-state index contributed by atoms with van der Waals surface area (Å²) in [5.41, 5.74) is 0. The third-order valence-corrected chi connectivity index (χ3v) is 4.06. The number of esters is 3. The Kier molecular flexibility index (Phi) is 7.73. The number of carbonyl (C=O) groups excluding carboxylic acids is 4. The van der Waals surface area contributed by atoms with Crippen molar-refractivity contribution in [3.63, 3.8) is 0 Å². The Balaban J connectivity index is 3.20. The van der Waals surface area contributed by atoms with E-state index in [1.165, 1.54) is 0 Å². The highest BCUT2D eigenvalue weighted by atomic mass is 35.5. The molecule has 1 aliphatic heterocycles. The van der Waals surface area contributed by atoms with Gasteiger partial charge in [0, 0.05) is 32.5 Å². The maximum Gasteiger partial charge on any atom is 0.303 e. The van der Waals surface area contributed by atoms with E-state index in [4.69, 9.17) is 53.9 Å². The highest BCUT2D eigenvalue weighted by Crippen LogP contribution is 2.39. The van der Waals surface area contributed by atoms with Crippen molar-refractivity contribution >= 4 is 58.8 Å². The number of alkyl halides is 2. The first-order chi connectivity index (χ1) is 11.5. The van der Waals surface area contributed by atoms with E-state index in [9.17, 15) is 19.2 Å². The summed E-state index contributed by atoms with van der Waals surface area (Å²) in [5, 5.41) is 0. The van der Waals surface area contributed by atoms with Crippen molar-refractivity contribution in [2.75, 3.05) is 6.61 Å². The molecule has 1 rings (SSSR count). The molecular weight excluding hydrogens is 405 g/mol. The van der Waals surface area contributed by atoms with E-state index in [1.807, 2.05) is 0 Å². The Bertz CT molecular complexity index is 555. The average Bonchev–Trinajstić information content (AvgIpc) is 2.81. The van der Waals surface area contributed by atoms with E-state index in [-0.39, 0.29) is 6.61 Å². The summed E-state index contributed by atoms with van der Waals surface area (Å²) in [6, 6.07) is 0. The highest BCUT2D eigenvalue weighted by Gasteiger charge is 2.59. The molecule has 1 fully saturated rings. The van der Waals surface area contributed by atoms with Crippen LogP contribution >= 0.6 is 35.0 Å². The van der Waals surface area contributed by atoms with Gasteiger partial charge in [-0.25, -0.2) is 0 Å². The standard InChI is InChI=1S/C13H16Cl3NO8/c1-5(18)22-4-8-9(23-6(2)19)10(24-7(3)20)11(25-8)13(14,15)12(21)17-16/h8-11H,4H2,1-3H3,(H,17,21)/t8-,9-,10-,11-/m1/s1. The van der Waals surface area contributed by atoms with Gasteiger partial charge in [0.1, 0.15) is 18.8 Å². The molecule has 12 heteroatoms. The molecule has 1 heterocycles. The lowest BCUT2D eigenvalue weighted by Crippen LogP contribution is -2.51. The number of amides is 1. The van der Waals surface area contributed by atoms with Crippen molar-refractivity contribution in [2.24, 2.45) is 0 Å². The second-order valence-electron chi connectivity index (χ2n) is 5.09. The molecule has 0 aromatic rings. The Labute approximate surface area is 158 Å². The van der Waals surface area contributed by atoms with Crippen LogP contribution in [0.2, 0.25) is 0 Å². The lowest BCUT2D eigenvalue weighted by molar-refractivity contribution is -0.165. The van der Waals surface area contributed by atoms with Crippen molar-refractivity contribution in [3.05, 3.63) is 0 Å². The summed E-state index contributed by atoms with van der Waals surface area (Å²) in [4.78, 5) is 47.4. The Morgan fingerprint density at radius 1 is 1.00 bits per heavy atom. The van der Waals surface area contributed by atoms with E-state index in [0.29, 0.717) is 0 Å². The lowest BCUT2D eigenvalue weighted by atomic mass is 10.0. The zero-order valence-electron chi connectivity index (χ0n) is 13.4. The first-order valence-corrected chi connectivity index (χ1v) is 8.06. The van der Waals surface area contributed by atoms with Gasteiger partial charge in [-0.05, 0) is 0 Å². The van der Waals surface area contributed by atoms with Crippen molar-refractivity contribution in [1.29, 1.82) is 0 Å². The topological polar surface area (TPSA) is 117 Å². The molecule has 0 unspecified atom stereocenters. The highest BCUT2D eigenvalue weighted by molar-refractivity contribution is 6.59. The number of halogens is 3. The summed E-state index contributed by atoms with van der Waals surface area (Å²) in [6.07, 6.45) is -5.10. The van der Waals surface area contributed by atoms with Gasteiger partial charge in [-0.3, -0.25) is 24.0 Å². The number of nitrogens with one attached hydrogen (secondary N) is 1. The molecule has 0 aromatic heterocycles. The van der Waals surface area contributed by atoms with Crippen LogP contribution < -0.4 is 4.84 Å². The van der Waals surface area contributed by atoms with Crippen LogP contribution in [0.25, 0.3) is 0 Å². The monoisotopic (exact) mass is 419 g/mol. The molecule has 0 aromatic carbocycles. The first-order valence-electron chi connectivity index (χ1n) is 6.92. The fourth-order valence-corrected chi connectivity index (χ4v) is 2.89. The Morgan fingerprint density at radius 3 is 1.96 bits per heavy atom. The van der Waals surface area contributed by atoms with Gasteiger partial charge in [0.25, 0.3) is 5.91 Å². The summed E-state index contributed by atoms with van der Waals surface area (Å²) >= 11 is 17.3. The molecule has 9 nitrogen and oxygen atoms in total. The minimum Gasteiger partial charge on any atom is -0.463 e. The molecule has 1 N–H and O–H groups in total. The van der Waals surface area contributed by atoms with Crippen LogP contribution in [0.5, 0.6) is 0 Å². The second-order valence-corrected chi connectivity index (χ2v) is 6.67. The molecule has 0 bridgehead atoms. The minimum atomic E-state index is -2.29. The number of hydrogen-bond acceptors (Lipinski definition) is 8. The van der Waals surface area contributed by atoms with Gasteiger partial charge >= 0.3 is 17.9 Å². The van der Waals surface area contributed by atoms with Crippen molar-refractivity contribution in [2.45, 2.75) is 49.5 Å². The lowest BCUT2D eigenvalue weighted by Gasteiger charge is -2.28. The fraction of sp³-hybridized carbons (Fsp3) is 0.692. The SMILES string of the molecule is CC(=O)OC[C@H]1O[C@@H](C(Cl)(Cl)C(=O)NCl)[C@H](OC(C)=O)[C@@H]1OC(C)=O. The van der Waals surface area contributed by atoms with Crippen LogP contribution in [0.1, 0.15) is 20.8 Å². The molecule has 25 heavy (non-hydrogen) atoms. The van der Waals surface area contributed by atoms with Crippen LogP contribution in [0.4, 0.5) is 0 Å². The fourth-order valence-electron chi connectivity index (χ4n) is 2.20. The van der Waals surface area contributed by atoms with Gasteiger partial charge in [-0.2, -0.15) is 0 Å². The van der Waals surface area contributed by atoms with Gasteiger partial charge in [0.05, 0.1) is 0 Å². The number of hydrogen-bond donors (Lipinski definition) is 1. The molecule has 0 spiro atoms. The molecule has 142 valence electrons. The van der Waals surface area contributed by atoms with Crippen LogP contribution in [0.3, 0.4) is 0 Å². The molecule has 0 saturated carbocycles. The summed E-state index contributed by atoms with van der Waals surface area (Å²) in [6.45, 7) is 3.01. The predicted molar refractivity (Wildman–Crippen MR) is 84.8 cm³/mol.